The molecule has 0 aliphatic carbocycles. The maximum absolute atomic E-state index is 4.78. The topological polar surface area (TPSA) is 28.7 Å². The van der Waals surface area contributed by atoms with E-state index in [2.05, 4.69) is 63.0 Å². The van der Waals surface area contributed by atoms with Crippen molar-refractivity contribution in [1.29, 1.82) is 0 Å². The van der Waals surface area contributed by atoms with Gasteiger partial charge in [0.1, 0.15) is 5.82 Å². The van der Waals surface area contributed by atoms with Gasteiger partial charge < -0.3 is 4.98 Å². The molecule has 2 nitrogen and oxygen atoms in total. The van der Waals surface area contributed by atoms with Crippen LogP contribution in [-0.2, 0) is 0 Å². The lowest BCUT2D eigenvalue weighted by molar-refractivity contribution is 1.28. The lowest BCUT2D eigenvalue weighted by Crippen LogP contribution is -1.86. The summed E-state index contributed by atoms with van der Waals surface area (Å²) in [6.45, 7) is 8.50. The van der Waals surface area contributed by atoms with Crippen LogP contribution in [0.2, 0.25) is 0 Å². The fraction of sp³-hybridized carbons (Fsp3) is 0.235. The Balaban J connectivity index is 2.23. The molecule has 0 fully saturated rings. The van der Waals surface area contributed by atoms with E-state index in [4.69, 9.17) is 4.98 Å². The molecule has 1 heterocycles. The zero-order valence-corrected chi connectivity index (χ0v) is 11.8. The highest BCUT2D eigenvalue weighted by molar-refractivity contribution is 5.83. The molecule has 0 amide bonds. The van der Waals surface area contributed by atoms with Crippen molar-refractivity contribution in [3.63, 3.8) is 0 Å². The van der Waals surface area contributed by atoms with Crippen LogP contribution in [0.1, 0.15) is 22.3 Å². The molecular weight excluding hydrogens is 232 g/mol. The summed E-state index contributed by atoms with van der Waals surface area (Å²) in [5, 5.41) is 0. The molecular formula is C17H18N2. The minimum Gasteiger partial charge on any atom is -0.338 e. The highest BCUT2D eigenvalue weighted by Crippen LogP contribution is 2.26. The average molecular weight is 250 g/mol. The van der Waals surface area contributed by atoms with Crippen molar-refractivity contribution < 1.29 is 0 Å². The first kappa shape index (κ1) is 12.0. The van der Waals surface area contributed by atoms with E-state index in [1.54, 1.807) is 0 Å². The molecule has 3 rings (SSSR count). The van der Waals surface area contributed by atoms with Gasteiger partial charge in [-0.25, -0.2) is 4.98 Å². The van der Waals surface area contributed by atoms with Crippen LogP contribution in [0.15, 0.2) is 30.3 Å². The maximum Gasteiger partial charge on any atom is 0.138 e. The Morgan fingerprint density at radius 3 is 2.42 bits per heavy atom. The minimum atomic E-state index is 0.959. The summed E-state index contributed by atoms with van der Waals surface area (Å²) < 4.78 is 0. The van der Waals surface area contributed by atoms with Crippen LogP contribution in [0.5, 0.6) is 0 Å². The number of nitrogens with zero attached hydrogens (tertiary/aromatic N) is 1. The molecule has 1 N–H and O–H groups in total. The molecule has 96 valence electrons. The first-order valence-corrected chi connectivity index (χ1v) is 6.60. The van der Waals surface area contributed by atoms with E-state index in [9.17, 15) is 0 Å². The summed E-state index contributed by atoms with van der Waals surface area (Å²) in [6, 6.07) is 10.7. The van der Waals surface area contributed by atoms with E-state index >= 15 is 0 Å². The second kappa shape index (κ2) is 4.23. The molecule has 0 bridgehead atoms. The van der Waals surface area contributed by atoms with Gasteiger partial charge in [0.25, 0.3) is 0 Å². The van der Waals surface area contributed by atoms with Crippen molar-refractivity contribution in [2.75, 3.05) is 0 Å². The fourth-order valence-corrected chi connectivity index (χ4v) is 2.52. The zero-order chi connectivity index (χ0) is 13.6. The number of benzene rings is 2. The van der Waals surface area contributed by atoms with Gasteiger partial charge in [-0.2, -0.15) is 0 Å². The van der Waals surface area contributed by atoms with Gasteiger partial charge in [0.2, 0.25) is 0 Å². The van der Waals surface area contributed by atoms with Crippen molar-refractivity contribution in [3.05, 3.63) is 52.6 Å². The third-order valence-corrected chi connectivity index (χ3v) is 3.82. The van der Waals surface area contributed by atoms with Crippen molar-refractivity contribution in [2.24, 2.45) is 0 Å². The Kier molecular flexibility index (Phi) is 2.67. The number of aromatic amines is 1. The molecule has 2 aromatic carbocycles. The predicted octanol–water partition coefficient (Wildman–Crippen LogP) is 4.46. The number of aryl methyl sites for hydroxylation is 4. The van der Waals surface area contributed by atoms with Crippen molar-refractivity contribution in [3.8, 4) is 11.4 Å². The number of H-pyrrole nitrogens is 1. The third kappa shape index (κ3) is 1.93. The summed E-state index contributed by atoms with van der Waals surface area (Å²) >= 11 is 0. The highest BCUT2D eigenvalue weighted by Gasteiger charge is 2.10. The van der Waals surface area contributed by atoms with Crippen LogP contribution in [0, 0.1) is 27.7 Å². The van der Waals surface area contributed by atoms with Crippen LogP contribution in [-0.4, -0.2) is 9.97 Å². The van der Waals surface area contributed by atoms with E-state index < -0.39 is 0 Å². The van der Waals surface area contributed by atoms with Gasteiger partial charge in [0, 0.05) is 5.56 Å². The maximum atomic E-state index is 4.78. The summed E-state index contributed by atoms with van der Waals surface area (Å²) in [5.74, 6) is 0.959. The molecule has 19 heavy (non-hydrogen) atoms. The standard InChI is InChI=1S/C17H18N2/c1-10-5-7-14(12(3)9-10)17-18-15-8-6-11(2)13(4)16(15)19-17/h5-9H,1-4H3,(H,18,19). The number of hydrogen-bond acceptors (Lipinski definition) is 1. The number of aromatic nitrogens is 2. The molecule has 2 heteroatoms. The van der Waals surface area contributed by atoms with Crippen LogP contribution < -0.4 is 0 Å². The predicted molar refractivity (Wildman–Crippen MR) is 80.5 cm³/mol. The second-order valence-corrected chi connectivity index (χ2v) is 5.31. The Morgan fingerprint density at radius 1 is 0.895 bits per heavy atom. The summed E-state index contributed by atoms with van der Waals surface area (Å²) in [7, 11) is 0. The molecule has 0 aliphatic rings. The Labute approximate surface area is 113 Å². The van der Waals surface area contributed by atoms with Crippen LogP contribution in [0.25, 0.3) is 22.4 Å². The molecule has 0 atom stereocenters. The van der Waals surface area contributed by atoms with Crippen molar-refractivity contribution >= 4 is 11.0 Å². The molecule has 0 radical (unpaired) electrons. The summed E-state index contributed by atoms with van der Waals surface area (Å²) in [5.41, 5.74) is 8.45. The molecule has 0 aliphatic heterocycles. The summed E-state index contributed by atoms with van der Waals surface area (Å²) in [6.07, 6.45) is 0. The number of fused-ring (bicyclic) bond motifs is 1. The number of imidazole rings is 1. The smallest absolute Gasteiger partial charge is 0.138 e. The van der Waals surface area contributed by atoms with Gasteiger partial charge in [-0.15, -0.1) is 0 Å². The van der Waals surface area contributed by atoms with E-state index in [0.29, 0.717) is 0 Å². The average Bonchev–Trinajstić information content (AvgIpc) is 2.78. The first-order chi connectivity index (χ1) is 9.06. The Hall–Kier alpha value is -2.09. The van der Waals surface area contributed by atoms with Gasteiger partial charge in [0.05, 0.1) is 11.0 Å². The fourth-order valence-electron chi connectivity index (χ4n) is 2.52. The SMILES string of the molecule is Cc1ccc(-c2nc3c(C)c(C)ccc3[nH]2)c(C)c1. The van der Waals surface area contributed by atoms with E-state index in [0.717, 1.165) is 16.9 Å². The lowest BCUT2D eigenvalue weighted by Gasteiger charge is -2.03. The van der Waals surface area contributed by atoms with Gasteiger partial charge >= 0.3 is 0 Å². The molecule has 0 unspecified atom stereocenters. The molecule has 0 saturated heterocycles. The highest BCUT2D eigenvalue weighted by atomic mass is 14.9. The van der Waals surface area contributed by atoms with Gasteiger partial charge in [0.15, 0.2) is 0 Å². The summed E-state index contributed by atoms with van der Waals surface area (Å²) in [4.78, 5) is 8.21. The first-order valence-electron chi connectivity index (χ1n) is 6.60. The molecule has 1 aromatic heterocycles. The Bertz CT molecular complexity index is 766. The lowest BCUT2D eigenvalue weighted by atomic mass is 10.1. The number of hydrogen-bond donors (Lipinski definition) is 1. The third-order valence-electron chi connectivity index (χ3n) is 3.82. The number of rotatable bonds is 1. The monoisotopic (exact) mass is 250 g/mol. The van der Waals surface area contributed by atoms with Gasteiger partial charge in [-0.3, -0.25) is 0 Å². The van der Waals surface area contributed by atoms with Gasteiger partial charge in [-0.1, -0.05) is 29.8 Å². The van der Waals surface area contributed by atoms with Gasteiger partial charge in [-0.05, 0) is 50.5 Å². The number of nitrogens with one attached hydrogen (secondary N) is 1. The second-order valence-electron chi connectivity index (χ2n) is 5.31. The van der Waals surface area contributed by atoms with Crippen molar-refractivity contribution in [2.45, 2.75) is 27.7 Å². The molecule has 0 saturated carbocycles. The molecule has 3 aromatic rings. The quantitative estimate of drug-likeness (QED) is 0.678. The Morgan fingerprint density at radius 2 is 1.68 bits per heavy atom. The van der Waals surface area contributed by atoms with Crippen LogP contribution in [0.4, 0.5) is 0 Å². The largest absolute Gasteiger partial charge is 0.338 e. The minimum absolute atomic E-state index is 0.959. The van der Waals surface area contributed by atoms with E-state index in [1.165, 1.54) is 27.8 Å². The normalized spacial score (nSPS) is 11.2. The van der Waals surface area contributed by atoms with Crippen LogP contribution in [0.3, 0.4) is 0 Å². The van der Waals surface area contributed by atoms with E-state index in [-0.39, 0.29) is 0 Å². The zero-order valence-electron chi connectivity index (χ0n) is 11.8. The van der Waals surface area contributed by atoms with Crippen molar-refractivity contribution in [1.82, 2.24) is 9.97 Å². The van der Waals surface area contributed by atoms with E-state index in [1.807, 2.05) is 0 Å². The van der Waals surface area contributed by atoms with Crippen LogP contribution >= 0.6 is 0 Å². The molecule has 0 spiro atoms.